The van der Waals surface area contributed by atoms with Crippen molar-refractivity contribution in [3.8, 4) is 11.5 Å². The van der Waals surface area contributed by atoms with E-state index < -0.39 is 0 Å². The maximum absolute atomic E-state index is 13.3. The van der Waals surface area contributed by atoms with Crippen molar-refractivity contribution in [3.05, 3.63) is 101 Å². The minimum Gasteiger partial charge on any atom is -0.493 e. The van der Waals surface area contributed by atoms with Crippen LogP contribution in [0.15, 0.2) is 78.6 Å². The molecule has 0 bridgehead atoms. The highest BCUT2D eigenvalue weighted by Crippen LogP contribution is 2.27. The Morgan fingerprint density at radius 1 is 0.946 bits per heavy atom. The van der Waals surface area contributed by atoms with E-state index >= 15 is 0 Å². The van der Waals surface area contributed by atoms with Crippen molar-refractivity contribution in [1.29, 1.82) is 0 Å². The summed E-state index contributed by atoms with van der Waals surface area (Å²) in [6.07, 6.45) is 4.25. The normalized spacial score (nSPS) is 11.3. The number of methoxy groups -OCH3 is 2. The summed E-state index contributed by atoms with van der Waals surface area (Å²) in [4.78, 5) is 26.3. The summed E-state index contributed by atoms with van der Waals surface area (Å²) in [7, 11) is 5.13. The SMILES string of the molecule is COc1ccc(CCNC(=O)/C(=C/c2cn(C)c3ccccc23)NC(=O)c2ccc(C)cc2)cc1OC. The Morgan fingerprint density at radius 3 is 2.41 bits per heavy atom. The molecule has 0 unspecified atom stereocenters. The second-order valence-corrected chi connectivity index (χ2v) is 8.79. The molecule has 0 aliphatic rings. The molecule has 0 fully saturated rings. The molecule has 4 aromatic rings. The van der Waals surface area contributed by atoms with Crippen LogP contribution in [0.1, 0.15) is 27.0 Å². The molecular weight excluding hydrogens is 466 g/mol. The van der Waals surface area contributed by atoms with Crippen molar-refractivity contribution >= 4 is 28.8 Å². The average molecular weight is 498 g/mol. The third-order valence-corrected chi connectivity index (χ3v) is 6.18. The zero-order valence-corrected chi connectivity index (χ0v) is 21.5. The van der Waals surface area contributed by atoms with Crippen LogP contribution in [0.4, 0.5) is 0 Å². The molecule has 0 atom stereocenters. The molecule has 1 heterocycles. The van der Waals surface area contributed by atoms with Gasteiger partial charge in [-0.15, -0.1) is 0 Å². The second kappa shape index (κ2) is 11.5. The van der Waals surface area contributed by atoms with E-state index in [9.17, 15) is 9.59 Å². The smallest absolute Gasteiger partial charge is 0.267 e. The second-order valence-electron chi connectivity index (χ2n) is 8.79. The van der Waals surface area contributed by atoms with Gasteiger partial charge in [-0.25, -0.2) is 0 Å². The summed E-state index contributed by atoms with van der Waals surface area (Å²) >= 11 is 0. The molecule has 3 aromatic carbocycles. The number of benzene rings is 3. The van der Waals surface area contributed by atoms with E-state index in [1.54, 1.807) is 32.4 Å². The van der Waals surface area contributed by atoms with E-state index in [0.29, 0.717) is 30.0 Å². The number of hydrogen-bond acceptors (Lipinski definition) is 4. The predicted octanol–water partition coefficient (Wildman–Crippen LogP) is 4.63. The zero-order chi connectivity index (χ0) is 26.4. The third kappa shape index (κ3) is 6.01. The van der Waals surface area contributed by atoms with E-state index in [2.05, 4.69) is 10.6 Å². The molecule has 190 valence electrons. The lowest BCUT2D eigenvalue weighted by molar-refractivity contribution is -0.117. The monoisotopic (exact) mass is 497 g/mol. The van der Waals surface area contributed by atoms with E-state index in [-0.39, 0.29) is 17.5 Å². The van der Waals surface area contributed by atoms with Crippen molar-refractivity contribution in [3.63, 3.8) is 0 Å². The molecular formula is C30H31N3O4. The Morgan fingerprint density at radius 2 is 1.68 bits per heavy atom. The van der Waals surface area contributed by atoms with Gasteiger partial charge in [0.1, 0.15) is 5.70 Å². The average Bonchev–Trinajstić information content (AvgIpc) is 3.23. The highest BCUT2D eigenvalue weighted by molar-refractivity contribution is 6.06. The number of amides is 2. The number of nitrogens with zero attached hydrogens (tertiary/aromatic N) is 1. The van der Waals surface area contributed by atoms with Crippen LogP contribution in [-0.2, 0) is 18.3 Å². The molecule has 1 aromatic heterocycles. The molecule has 2 amide bonds. The Hall–Kier alpha value is -4.52. The maximum Gasteiger partial charge on any atom is 0.267 e. The number of aromatic nitrogens is 1. The summed E-state index contributed by atoms with van der Waals surface area (Å²) in [6.45, 7) is 2.33. The number of nitrogens with one attached hydrogen (secondary N) is 2. The van der Waals surface area contributed by atoms with Gasteiger partial charge < -0.3 is 24.7 Å². The Bertz CT molecular complexity index is 1450. The largest absolute Gasteiger partial charge is 0.493 e. The van der Waals surface area contributed by atoms with E-state index in [4.69, 9.17) is 9.47 Å². The maximum atomic E-state index is 13.3. The van der Waals surface area contributed by atoms with Crippen molar-refractivity contribution in [2.75, 3.05) is 20.8 Å². The number of fused-ring (bicyclic) bond motifs is 1. The number of ether oxygens (including phenoxy) is 2. The summed E-state index contributed by atoms with van der Waals surface area (Å²) < 4.78 is 12.7. The first kappa shape index (κ1) is 25.6. The van der Waals surface area contributed by atoms with Crippen molar-refractivity contribution in [2.24, 2.45) is 7.05 Å². The Labute approximate surface area is 216 Å². The van der Waals surface area contributed by atoms with E-state index in [1.165, 1.54) is 0 Å². The predicted molar refractivity (Wildman–Crippen MR) is 146 cm³/mol. The molecule has 0 saturated heterocycles. The quantitative estimate of drug-likeness (QED) is 0.330. The lowest BCUT2D eigenvalue weighted by Gasteiger charge is -2.12. The van der Waals surface area contributed by atoms with E-state index in [1.807, 2.05) is 79.3 Å². The van der Waals surface area contributed by atoms with Crippen molar-refractivity contribution < 1.29 is 19.1 Å². The molecule has 0 radical (unpaired) electrons. The summed E-state index contributed by atoms with van der Waals surface area (Å²) in [6, 6.07) is 20.8. The number of carbonyl (C=O) groups is 2. The number of carbonyl (C=O) groups excluding carboxylic acids is 2. The van der Waals surface area contributed by atoms with Crippen LogP contribution in [0.5, 0.6) is 11.5 Å². The molecule has 2 N–H and O–H groups in total. The minimum atomic E-state index is -0.367. The topological polar surface area (TPSA) is 81.6 Å². The number of para-hydroxylation sites is 1. The fraction of sp³-hybridized carbons (Fsp3) is 0.200. The molecule has 4 rings (SSSR count). The Balaban J connectivity index is 1.56. The first-order valence-corrected chi connectivity index (χ1v) is 12.0. The van der Waals surface area contributed by atoms with Gasteiger partial charge in [-0.3, -0.25) is 9.59 Å². The van der Waals surface area contributed by atoms with Crippen molar-refractivity contribution in [1.82, 2.24) is 15.2 Å². The molecule has 0 spiro atoms. The van der Waals surface area contributed by atoms with Crippen LogP contribution in [0.25, 0.3) is 17.0 Å². The van der Waals surface area contributed by atoms with Crippen LogP contribution in [-0.4, -0.2) is 37.1 Å². The van der Waals surface area contributed by atoms with Gasteiger partial charge >= 0.3 is 0 Å². The fourth-order valence-corrected chi connectivity index (χ4v) is 4.15. The van der Waals surface area contributed by atoms with Gasteiger partial charge in [-0.2, -0.15) is 0 Å². The molecule has 37 heavy (non-hydrogen) atoms. The lowest BCUT2D eigenvalue weighted by Crippen LogP contribution is -2.35. The van der Waals surface area contributed by atoms with Crippen LogP contribution < -0.4 is 20.1 Å². The number of hydrogen-bond donors (Lipinski definition) is 2. The number of aryl methyl sites for hydroxylation is 2. The van der Waals surface area contributed by atoms with Gasteiger partial charge in [0.05, 0.1) is 14.2 Å². The van der Waals surface area contributed by atoms with Crippen LogP contribution >= 0.6 is 0 Å². The van der Waals surface area contributed by atoms with Gasteiger partial charge in [0.2, 0.25) is 0 Å². The van der Waals surface area contributed by atoms with Gasteiger partial charge in [-0.05, 0) is 55.3 Å². The Kier molecular flexibility index (Phi) is 7.93. The van der Waals surface area contributed by atoms with Crippen LogP contribution in [0, 0.1) is 6.92 Å². The van der Waals surface area contributed by atoms with E-state index in [0.717, 1.165) is 27.6 Å². The molecule has 0 aliphatic carbocycles. The van der Waals surface area contributed by atoms with Crippen molar-refractivity contribution in [2.45, 2.75) is 13.3 Å². The molecule has 0 aliphatic heterocycles. The molecule has 0 saturated carbocycles. The highest BCUT2D eigenvalue weighted by Gasteiger charge is 2.16. The third-order valence-electron chi connectivity index (χ3n) is 6.18. The molecule has 7 heteroatoms. The summed E-state index contributed by atoms with van der Waals surface area (Å²) in [5, 5.41) is 6.75. The van der Waals surface area contributed by atoms with Gasteiger partial charge in [0, 0.05) is 41.8 Å². The summed E-state index contributed by atoms with van der Waals surface area (Å²) in [5.74, 6) is 0.568. The lowest BCUT2D eigenvalue weighted by atomic mass is 10.1. The van der Waals surface area contributed by atoms with Gasteiger partial charge in [0.15, 0.2) is 11.5 Å². The fourth-order valence-electron chi connectivity index (χ4n) is 4.15. The first-order chi connectivity index (χ1) is 17.9. The van der Waals surface area contributed by atoms with Gasteiger partial charge in [0.25, 0.3) is 11.8 Å². The minimum absolute atomic E-state index is 0.175. The van der Waals surface area contributed by atoms with Gasteiger partial charge in [-0.1, -0.05) is 42.0 Å². The standard InChI is InChI=1S/C30H31N3O4/c1-20-9-12-22(13-10-20)29(34)32-25(18-23-19-33(2)26-8-6-5-7-24(23)26)30(35)31-16-15-21-11-14-27(36-3)28(17-21)37-4/h5-14,17-19H,15-16H2,1-4H3,(H,31,35)(H,32,34)/b25-18-. The summed E-state index contributed by atoms with van der Waals surface area (Å²) in [5.41, 5.74) is 4.57. The zero-order valence-electron chi connectivity index (χ0n) is 21.5. The highest BCUT2D eigenvalue weighted by atomic mass is 16.5. The number of rotatable bonds is 9. The van der Waals surface area contributed by atoms with Crippen LogP contribution in [0.3, 0.4) is 0 Å². The molecule has 7 nitrogen and oxygen atoms in total. The van der Waals surface area contributed by atoms with Crippen LogP contribution in [0.2, 0.25) is 0 Å². The first-order valence-electron chi connectivity index (χ1n) is 12.0.